The first-order valence-corrected chi connectivity index (χ1v) is 13.7. The molecule has 0 saturated carbocycles. The number of nitrogens with one attached hydrogen (secondary N) is 1. The van der Waals surface area contributed by atoms with Crippen LogP contribution in [0, 0.1) is 5.92 Å². The number of carbonyl (C=O) groups excluding carboxylic acids is 2. The number of carboxylic acids is 1. The molecule has 1 aliphatic heterocycles. The Labute approximate surface area is 239 Å². The number of nitrogens with zero attached hydrogens (tertiary/aromatic N) is 1. The topological polar surface area (TPSA) is 114 Å². The van der Waals surface area contributed by atoms with Gasteiger partial charge in [0.25, 0.3) is 0 Å². The zero-order valence-corrected chi connectivity index (χ0v) is 23.1. The fraction of sp³-hybridized carbons (Fsp3) is 0.344. The van der Waals surface area contributed by atoms with Crippen molar-refractivity contribution in [3.8, 4) is 11.1 Å². The molecule has 1 fully saturated rings. The van der Waals surface area contributed by atoms with Crippen molar-refractivity contribution in [2.45, 2.75) is 37.6 Å². The number of fused-ring (bicyclic) bond motifs is 3. The summed E-state index contributed by atoms with van der Waals surface area (Å²) in [5, 5.41) is 12.3. The summed E-state index contributed by atoms with van der Waals surface area (Å²) in [6.45, 7) is 2.13. The van der Waals surface area contributed by atoms with Gasteiger partial charge in [0.15, 0.2) is 0 Å². The molecule has 1 aliphatic carbocycles. The third-order valence-corrected chi connectivity index (χ3v) is 7.92. The number of rotatable bonds is 10. The van der Waals surface area contributed by atoms with Crippen LogP contribution in [-0.2, 0) is 30.4 Å². The van der Waals surface area contributed by atoms with E-state index in [9.17, 15) is 19.5 Å². The van der Waals surface area contributed by atoms with Gasteiger partial charge in [0, 0.05) is 13.0 Å². The van der Waals surface area contributed by atoms with E-state index in [1.54, 1.807) is 6.92 Å². The molecule has 5 rings (SSSR count). The quantitative estimate of drug-likeness (QED) is 0.386. The van der Waals surface area contributed by atoms with Gasteiger partial charge in [0.2, 0.25) is 5.91 Å². The van der Waals surface area contributed by atoms with Crippen molar-refractivity contribution in [1.29, 1.82) is 0 Å². The van der Waals surface area contributed by atoms with Crippen LogP contribution in [0.2, 0.25) is 0 Å². The van der Waals surface area contributed by atoms with Crippen LogP contribution in [0.5, 0.6) is 0 Å². The molecule has 9 nitrogen and oxygen atoms in total. The van der Waals surface area contributed by atoms with Gasteiger partial charge in [-0.3, -0.25) is 9.59 Å². The molecule has 0 bridgehead atoms. The predicted octanol–water partition coefficient (Wildman–Crippen LogP) is 4.06. The minimum absolute atomic E-state index is 0.0160. The average Bonchev–Trinajstić information content (AvgIpc) is 3.61. The van der Waals surface area contributed by atoms with E-state index in [0.717, 1.165) is 27.8 Å². The van der Waals surface area contributed by atoms with Crippen LogP contribution >= 0.6 is 0 Å². The van der Waals surface area contributed by atoms with Gasteiger partial charge >= 0.3 is 12.1 Å². The van der Waals surface area contributed by atoms with Gasteiger partial charge < -0.3 is 29.5 Å². The number of ether oxygens (including phenoxy) is 3. The van der Waals surface area contributed by atoms with Crippen molar-refractivity contribution in [2.75, 3.05) is 26.9 Å². The monoisotopic (exact) mass is 558 g/mol. The van der Waals surface area contributed by atoms with Crippen molar-refractivity contribution in [2.24, 2.45) is 5.92 Å². The minimum Gasteiger partial charge on any atom is -0.481 e. The zero-order valence-electron chi connectivity index (χ0n) is 23.1. The lowest BCUT2D eigenvalue weighted by Crippen LogP contribution is -2.57. The molecule has 3 aromatic carbocycles. The first kappa shape index (κ1) is 28.3. The Hall–Kier alpha value is -4.21. The van der Waals surface area contributed by atoms with Crippen LogP contribution in [0.15, 0.2) is 78.9 Å². The van der Waals surface area contributed by atoms with Crippen molar-refractivity contribution >= 4 is 18.0 Å². The van der Waals surface area contributed by atoms with Gasteiger partial charge in [-0.1, -0.05) is 78.9 Å². The van der Waals surface area contributed by atoms with Gasteiger partial charge in [-0.15, -0.1) is 0 Å². The first-order valence-electron chi connectivity index (χ1n) is 13.7. The number of aliphatic carboxylic acids is 1. The maximum Gasteiger partial charge on any atom is 0.407 e. The summed E-state index contributed by atoms with van der Waals surface area (Å²) < 4.78 is 17.1. The smallest absolute Gasteiger partial charge is 0.407 e. The summed E-state index contributed by atoms with van der Waals surface area (Å²) in [5.41, 5.74) is 5.29. The highest BCUT2D eigenvalue weighted by atomic mass is 16.5. The highest BCUT2D eigenvalue weighted by Gasteiger charge is 2.42. The van der Waals surface area contributed by atoms with Gasteiger partial charge in [-0.25, -0.2) is 4.79 Å². The molecule has 2 aliphatic rings. The standard InChI is InChI=1S/C32H34N2O7/c1-20(40-16-21-10-4-3-5-11-21)29(30(35)34(2)28-19-39-17-27(28)31(36)37)33-32(38)41-18-26-24-14-8-6-12-22(24)23-13-7-9-15-25(23)26/h3-15,20,26-29H,16-19H2,1-2H3,(H,33,38)(H,36,37). The number of hydrogen-bond donors (Lipinski definition) is 2. The molecule has 2 N–H and O–H groups in total. The second-order valence-corrected chi connectivity index (χ2v) is 10.4. The second kappa shape index (κ2) is 12.5. The molecule has 2 amide bonds. The SMILES string of the molecule is CC(OCc1ccccc1)C(NC(=O)OCC1c2ccccc2-c2ccccc21)C(=O)N(C)C1COCC1C(=O)O. The maximum absolute atomic E-state index is 13.7. The summed E-state index contributed by atoms with van der Waals surface area (Å²) >= 11 is 0. The van der Waals surface area contributed by atoms with E-state index in [4.69, 9.17) is 14.2 Å². The van der Waals surface area contributed by atoms with Gasteiger partial charge in [0.05, 0.1) is 32.0 Å². The predicted molar refractivity (Wildman–Crippen MR) is 151 cm³/mol. The lowest BCUT2D eigenvalue weighted by molar-refractivity contribution is -0.146. The summed E-state index contributed by atoms with van der Waals surface area (Å²) in [5.74, 6) is -2.52. The molecule has 4 unspecified atom stereocenters. The van der Waals surface area contributed by atoms with E-state index in [1.807, 2.05) is 66.7 Å². The summed E-state index contributed by atoms with van der Waals surface area (Å²) in [7, 11) is 1.52. The molecular formula is C32H34N2O7. The fourth-order valence-corrected chi connectivity index (χ4v) is 5.59. The van der Waals surface area contributed by atoms with Crippen molar-refractivity contribution in [1.82, 2.24) is 10.2 Å². The van der Waals surface area contributed by atoms with Crippen LogP contribution < -0.4 is 5.32 Å². The zero-order chi connectivity index (χ0) is 28.9. The molecule has 41 heavy (non-hydrogen) atoms. The Morgan fingerprint density at radius 2 is 1.56 bits per heavy atom. The van der Waals surface area contributed by atoms with Crippen molar-refractivity contribution in [3.05, 3.63) is 95.6 Å². The largest absolute Gasteiger partial charge is 0.481 e. The molecule has 1 heterocycles. The lowest BCUT2D eigenvalue weighted by Gasteiger charge is -2.32. The van der Waals surface area contributed by atoms with Crippen LogP contribution in [0.4, 0.5) is 4.79 Å². The number of carbonyl (C=O) groups is 3. The summed E-state index contributed by atoms with van der Waals surface area (Å²) in [6.07, 6.45) is -1.50. The fourth-order valence-electron chi connectivity index (χ4n) is 5.59. The Morgan fingerprint density at radius 1 is 0.951 bits per heavy atom. The van der Waals surface area contributed by atoms with E-state index in [2.05, 4.69) is 17.4 Å². The van der Waals surface area contributed by atoms with Crippen LogP contribution in [0.3, 0.4) is 0 Å². The number of alkyl carbamates (subject to hydrolysis) is 1. The third kappa shape index (κ3) is 6.11. The molecule has 214 valence electrons. The number of hydrogen-bond acceptors (Lipinski definition) is 6. The number of amides is 2. The molecular weight excluding hydrogens is 524 g/mol. The highest BCUT2D eigenvalue weighted by molar-refractivity contribution is 5.87. The van der Waals surface area contributed by atoms with Crippen LogP contribution in [-0.4, -0.2) is 73.0 Å². The van der Waals surface area contributed by atoms with E-state index < -0.39 is 42.1 Å². The van der Waals surface area contributed by atoms with Crippen molar-refractivity contribution in [3.63, 3.8) is 0 Å². The molecule has 0 aromatic heterocycles. The lowest BCUT2D eigenvalue weighted by atomic mass is 9.98. The minimum atomic E-state index is -1.12. The Morgan fingerprint density at radius 3 is 2.20 bits per heavy atom. The molecule has 0 spiro atoms. The molecule has 1 saturated heterocycles. The van der Waals surface area contributed by atoms with Gasteiger partial charge in [-0.2, -0.15) is 0 Å². The average molecular weight is 559 g/mol. The summed E-state index contributed by atoms with van der Waals surface area (Å²) in [4.78, 5) is 39.9. The first-order chi connectivity index (χ1) is 19.8. The van der Waals surface area contributed by atoms with Crippen LogP contribution in [0.1, 0.15) is 29.5 Å². The maximum atomic E-state index is 13.7. The number of carboxylic acid groups (broad SMARTS) is 1. The van der Waals surface area contributed by atoms with E-state index in [1.165, 1.54) is 11.9 Å². The second-order valence-electron chi connectivity index (χ2n) is 10.4. The Balaban J connectivity index is 1.30. The highest BCUT2D eigenvalue weighted by Crippen LogP contribution is 2.44. The van der Waals surface area contributed by atoms with E-state index in [-0.39, 0.29) is 32.3 Å². The number of likely N-dealkylation sites (N-methyl/N-ethyl adjacent to an activating group) is 1. The molecule has 9 heteroatoms. The third-order valence-electron chi connectivity index (χ3n) is 7.92. The van der Waals surface area contributed by atoms with E-state index >= 15 is 0 Å². The van der Waals surface area contributed by atoms with E-state index in [0.29, 0.717) is 0 Å². The van der Waals surface area contributed by atoms with Gasteiger partial charge in [-0.05, 0) is 34.7 Å². The Kier molecular flexibility index (Phi) is 8.66. The molecule has 0 radical (unpaired) electrons. The van der Waals surface area contributed by atoms with Gasteiger partial charge in [0.1, 0.15) is 18.6 Å². The number of benzene rings is 3. The Bertz CT molecular complexity index is 1350. The van der Waals surface area contributed by atoms with Crippen LogP contribution in [0.25, 0.3) is 11.1 Å². The van der Waals surface area contributed by atoms with Crippen molar-refractivity contribution < 1.29 is 33.7 Å². The molecule has 3 aromatic rings. The normalized spacial score (nSPS) is 19.1. The molecule has 4 atom stereocenters. The summed E-state index contributed by atoms with van der Waals surface area (Å²) in [6, 6.07) is 23.8.